The lowest BCUT2D eigenvalue weighted by atomic mass is 9.97. The van der Waals surface area contributed by atoms with Gasteiger partial charge in [0, 0.05) is 43.2 Å². The molecule has 7 heteroatoms. The average Bonchev–Trinajstić information content (AvgIpc) is 3.55. The Kier molecular flexibility index (Phi) is 5.39. The van der Waals surface area contributed by atoms with Crippen LogP contribution in [0.15, 0.2) is 85.3 Å². The molecule has 0 saturated carbocycles. The minimum absolute atomic E-state index is 0.0174. The monoisotopic (exact) mass is 465 g/mol. The predicted octanol–water partition coefficient (Wildman–Crippen LogP) is 5.56. The molecule has 1 saturated heterocycles. The molecule has 6 rings (SSSR count). The number of rotatable bonds is 4. The maximum Gasteiger partial charge on any atom is 0.257 e. The summed E-state index contributed by atoms with van der Waals surface area (Å²) < 4.78 is 3.01. The van der Waals surface area contributed by atoms with Gasteiger partial charge in [0.2, 0.25) is 0 Å². The SMILES string of the molecule is O=C(c1cn(-c2ccccc2)nc1-c1cccnc1)N1CCC(c2nc3ccccc3s2)CC1. The number of para-hydroxylation sites is 2. The first-order chi connectivity index (χ1) is 16.8. The summed E-state index contributed by atoms with van der Waals surface area (Å²) in [6.45, 7) is 1.42. The third-order valence-electron chi connectivity index (χ3n) is 6.34. The second-order valence-corrected chi connectivity index (χ2v) is 9.56. The molecule has 0 unspecified atom stereocenters. The van der Waals surface area contributed by atoms with Gasteiger partial charge in [-0.05, 0) is 49.2 Å². The first-order valence-corrected chi connectivity index (χ1v) is 12.3. The van der Waals surface area contributed by atoms with Crippen molar-refractivity contribution in [3.05, 3.63) is 95.9 Å². The van der Waals surface area contributed by atoms with Crippen molar-refractivity contribution in [1.82, 2.24) is 24.6 Å². The van der Waals surface area contributed by atoms with E-state index >= 15 is 0 Å². The number of likely N-dealkylation sites (tertiary alicyclic amines) is 1. The number of hydrogen-bond donors (Lipinski definition) is 0. The van der Waals surface area contributed by atoms with Gasteiger partial charge in [0.1, 0.15) is 5.69 Å². The quantitative estimate of drug-likeness (QED) is 0.348. The van der Waals surface area contributed by atoms with Crippen LogP contribution in [0.4, 0.5) is 0 Å². The van der Waals surface area contributed by atoms with Crippen LogP contribution in [-0.4, -0.2) is 43.6 Å². The Balaban J connectivity index is 1.26. The van der Waals surface area contributed by atoms with E-state index in [1.54, 1.807) is 28.4 Å². The molecule has 168 valence electrons. The summed E-state index contributed by atoms with van der Waals surface area (Å²) in [7, 11) is 0. The standard InChI is InChI=1S/C27H23N5OS/c33-27(31-15-12-19(13-16-31)26-29-23-10-4-5-11-24(23)34-26)22-18-32(21-8-2-1-3-9-21)30-25(22)20-7-6-14-28-17-20/h1-11,14,17-19H,12-13,15-16H2. The largest absolute Gasteiger partial charge is 0.338 e. The van der Waals surface area contributed by atoms with E-state index in [9.17, 15) is 4.79 Å². The molecule has 0 spiro atoms. The molecule has 1 aliphatic rings. The van der Waals surface area contributed by atoms with E-state index in [1.807, 2.05) is 59.6 Å². The van der Waals surface area contributed by atoms with Crippen LogP contribution in [0.5, 0.6) is 0 Å². The number of pyridine rings is 1. The van der Waals surface area contributed by atoms with Crippen LogP contribution in [0.1, 0.15) is 34.1 Å². The zero-order valence-electron chi connectivity index (χ0n) is 18.5. The molecule has 0 bridgehead atoms. The number of carbonyl (C=O) groups excluding carboxylic acids is 1. The highest BCUT2D eigenvalue weighted by atomic mass is 32.1. The normalized spacial score (nSPS) is 14.5. The molecule has 6 nitrogen and oxygen atoms in total. The maximum atomic E-state index is 13.7. The van der Waals surface area contributed by atoms with Crippen LogP contribution >= 0.6 is 11.3 Å². The minimum atomic E-state index is 0.0174. The van der Waals surface area contributed by atoms with Gasteiger partial charge in [-0.2, -0.15) is 5.10 Å². The third kappa shape index (κ3) is 3.88. The lowest BCUT2D eigenvalue weighted by molar-refractivity contribution is 0.0713. The van der Waals surface area contributed by atoms with Crippen molar-refractivity contribution in [2.24, 2.45) is 0 Å². The highest BCUT2D eigenvalue weighted by Gasteiger charge is 2.29. The molecule has 0 atom stereocenters. The summed E-state index contributed by atoms with van der Waals surface area (Å²) in [5.74, 6) is 0.412. The van der Waals surface area contributed by atoms with Crippen molar-refractivity contribution in [2.45, 2.75) is 18.8 Å². The number of amides is 1. The van der Waals surface area contributed by atoms with E-state index in [4.69, 9.17) is 10.1 Å². The molecule has 0 N–H and O–H groups in total. The second kappa shape index (κ2) is 8.83. The summed E-state index contributed by atoms with van der Waals surface area (Å²) >= 11 is 1.78. The topological polar surface area (TPSA) is 63.9 Å². The molecular formula is C27H23N5OS. The van der Waals surface area contributed by atoms with Gasteiger partial charge in [0.15, 0.2) is 0 Å². The van der Waals surface area contributed by atoms with Crippen molar-refractivity contribution in [3.8, 4) is 16.9 Å². The molecule has 0 aliphatic carbocycles. The van der Waals surface area contributed by atoms with E-state index in [-0.39, 0.29) is 5.91 Å². The van der Waals surface area contributed by atoms with Gasteiger partial charge in [-0.15, -0.1) is 11.3 Å². The predicted molar refractivity (Wildman–Crippen MR) is 134 cm³/mol. The molecule has 34 heavy (non-hydrogen) atoms. The van der Waals surface area contributed by atoms with Gasteiger partial charge >= 0.3 is 0 Å². The van der Waals surface area contributed by atoms with Gasteiger partial charge in [0.05, 0.1) is 26.5 Å². The fourth-order valence-corrected chi connectivity index (χ4v) is 5.66. The van der Waals surface area contributed by atoms with Gasteiger partial charge in [-0.1, -0.05) is 30.3 Å². The first kappa shape index (κ1) is 20.7. The Morgan fingerprint density at radius 3 is 2.50 bits per heavy atom. The Bertz CT molecular complexity index is 1400. The van der Waals surface area contributed by atoms with Crippen LogP contribution in [0, 0.1) is 0 Å². The highest BCUT2D eigenvalue weighted by Crippen LogP contribution is 2.34. The first-order valence-electron chi connectivity index (χ1n) is 11.5. The van der Waals surface area contributed by atoms with Crippen molar-refractivity contribution in [2.75, 3.05) is 13.1 Å². The summed E-state index contributed by atoms with van der Waals surface area (Å²) in [5, 5.41) is 5.96. The lowest BCUT2D eigenvalue weighted by Gasteiger charge is -2.31. The molecular weight excluding hydrogens is 442 g/mol. The Hall–Kier alpha value is -3.84. The van der Waals surface area contributed by atoms with Crippen LogP contribution in [0.2, 0.25) is 0 Å². The molecule has 1 amide bonds. The van der Waals surface area contributed by atoms with Crippen molar-refractivity contribution in [1.29, 1.82) is 0 Å². The van der Waals surface area contributed by atoms with Crippen LogP contribution in [-0.2, 0) is 0 Å². The van der Waals surface area contributed by atoms with E-state index in [1.165, 1.54) is 9.71 Å². The van der Waals surface area contributed by atoms with Gasteiger partial charge in [0.25, 0.3) is 5.91 Å². The summed E-state index contributed by atoms with van der Waals surface area (Å²) in [6, 6.07) is 22.0. The van der Waals surface area contributed by atoms with Crippen LogP contribution in [0.3, 0.4) is 0 Å². The van der Waals surface area contributed by atoms with E-state index in [2.05, 4.69) is 23.2 Å². The molecule has 0 radical (unpaired) electrons. The number of hydrogen-bond acceptors (Lipinski definition) is 5. The fraction of sp³-hybridized carbons (Fsp3) is 0.185. The van der Waals surface area contributed by atoms with Crippen LogP contribution < -0.4 is 0 Å². The fourth-order valence-electron chi connectivity index (χ4n) is 4.52. The van der Waals surface area contributed by atoms with Crippen molar-refractivity contribution < 1.29 is 4.79 Å². The maximum absolute atomic E-state index is 13.7. The minimum Gasteiger partial charge on any atom is -0.338 e. The molecule has 5 aromatic rings. The van der Waals surface area contributed by atoms with Gasteiger partial charge in [-0.25, -0.2) is 9.67 Å². The number of thiazole rings is 1. The molecule has 1 fully saturated rings. The number of piperidine rings is 1. The highest BCUT2D eigenvalue weighted by molar-refractivity contribution is 7.18. The molecule has 3 aromatic heterocycles. The number of nitrogens with zero attached hydrogens (tertiary/aromatic N) is 5. The number of aromatic nitrogens is 4. The lowest BCUT2D eigenvalue weighted by Crippen LogP contribution is -2.38. The number of carbonyl (C=O) groups is 1. The molecule has 2 aromatic carbocycles. The zero-order chi connectivity index (χ0) is 22.9. The average molecular weight is 466 g/mol. The number of fused-ring (bicyclic) bond motifs is 1. The van der Waals surface area contributed by atoms with Crippen molar-refractivity contribution in [3.63, 3.8) is 0 Å². The number of benzene rings is 2. The Morgan fingerprint density at radius 1 is 0.941 bits per heavy atom. The summed E-state index contributed by atoms with van der Waals surface area (Å²) in [6.07, 6.45) is 7.17. The van der Waals surface area contributed by atoms with E-state index in [0.29, 0.717) is 30.3 Å². The van der Waals surface area contributed by atoms with Crippen molar-refractivity contribution >= 4 is 27.5 Å². The Morgan fingerprint density at radius 2 is 1.74 bits per heavy atom. The van der Waals surface area contributed by atoms with Crippen LogP contribution in [0.25, 0.3) is 27.2 Å². The molecule has 1 aliphatic heterocycles. The van der Waals surface area contributed by atoms with Gasteiger partial charge < -0.3 is 4.90 Å². The summed E-state index contributed by atoms with van der Waals surface area (Å²) in [4.78, 5) is 24.7. The second-order valence-electron chi connectivity index (χ2n) is 8.50. The van der Waals surface area contributed by atoms with Gasteiger partial charge in [-0.3, -0.25) is 9.78 Å². The Labute approximate surface area is 201 Å². The third-order valence-corrected chi connectivity index (χ3v) is 7.54. The zero-order valence-corrected chi connectivity index (χ0v) is 19.4. The smallest absolute Gasteiger partial charge is 0.257 e. The van der Waals surface area contributed by atoms with E-state index in [0.717, 1.165) is 29.6 Å². The summed E-state index contributed by atoms with van der Waals surface area (Å²) in [5.41, 5.74) is 4.09. The molecule has 4 heterocycles. The van der Waals surface area contributed by atoms with E-state index < -0.39 is 0 Å².